The number of amides is 1. The number of hydrogen-bond acceptors (Lipinski definition) is 3. The number of likely N-dealkylation sites (tertiary alicyclic amines) is 1. The fraction of sp³-hybridized carbons (Fsp3) is 0.632. The number of piperidine rings is 1. The van der Waals surface area contributed by atoms with E-state index < -0.39 is 10.2 Å². The Morgan fingerprint density at radius 1 is 1.08 bits per heavy atom. The lowest BCUT2D eigenvalue weighted by atomic mass is 10.0. The number of carbonyl (C=O) groups is 1. The van der Waals surface area contributed by atoms with E-state index in [0.29, 0.717) is 25.6 Å². The second-order valence-electron chi connectivity index (χ2n) is 7.60. The van der Waals surface area contributed by atoms with Gasteiger partial charge in [0.2, 0.25) is 5.91 Å². The summed E-state index contributed by atoms with van der Waals surface area (Å²) in [5, 5.41) is 0. The molecule has 0 spiro atoms. The lowest BCUT2D eigenvalue weighted by Crippen LogP contribution is -2.53. The van der Waals surface area contributed by atoms with E-state index in [-0.39, 0.29) is 12.5 Å². The monoisotopic (exact) mass is 379 g/mol. The van der Waals surface area contributed by atoms with Gasteiger partial charge in [-0.05, 0) is 37.7 Å². The first-order valence-electron chi connectivity index (χ1n) is 9.45. The van der Waals surface area contributed by atoms with Crippen molar-refractivity contribution in [3.63, 3.8) is 0 Å². The van der Waals surface area contributed by atoms with Crippen molar-refractivity contribution in [3.8, 4) is 0 Å². The zero-order valence-electron chi connectivity index (χ0n) is 15.7. The zero-order valence-corrected chi connectivity index (χ0v) is 16.5. The lowest BCUT2D eigenvalue weighted by Gasteiger charge is -2.36. The van der Waals surface area contributed by atoms with Gasteiger partial charge in [0.25, 0.3) is 10.2 Å². The topological polar surface area (TPSA) is 60.9 Å². The molecule has 7 heteroatoms. The Hall–Kier alpha value is -1.44. The minimum absolute atomic E-state index is 0.0422. The highest BCUT2D eigenvalue weighted by Gasteiger charge is 2.35. The number of hydrogen-bond donors (Lipinski definition) is 0. The molecule has 1 aromatic rings. The molecule has 0 bridgehead atoms. The molecule has 0 saturated carbocycles. The van der Waals surface area contributed by atoms with Gasteiger partial charge in [-0.25, -0.2) is 0 Å². The van der Waals surface area contributed by atoms with Crippen LogP contribution in [0.1, 0.15) is 37.3 Å². The van der Waals surface area contributed by atoms with Gasteiger partial charge >= 0.3 is 0 Å². The molecule has 144 valence electrons. The molecule has 0 unspecified atom stereocenters. The largest absolute Gasteiger partial charge is 0.341 e. The molecule has 2 aliphatic heterocycles. The Balaban J connectivity index is 1.66. The maximum Gasteiger partial charge on any atom is 0.282 e. The van der Waals surface area contributed by atoms with Crippen molar-refractivity contribution in [2.75, 3.05) is 32.7 Å². The smallest absolute Gasteiger partial charge is 0.282 e. The second-order valence-corrected chi connectivity index (χ2v) is 9.53. The van der Waals surface area contributed by atoms with Crippen molar-refractivity contribution < 1.29 is 13.2 Å². The predicted molar refractivity (Wildman–Crippen MR) is 102 cm³/mol. The van der Waals surface area contributed by atoms with Gasteiger partial charge < -0.3 is 4.90 Å². The van der Waals surface area contributed by atoms with Crippen LogP contribution in [0.25, 0.3) is 0 Å². The van der Waals surface area contributed by atoms with Crippen molar-refractivity contribution in [2.24, 2.45) is 5.92 Å². The summed E-state index contributed by atoms with van der Waals surface area (Å²) in [4.78, 5) is 14.4. The fourth-order valence-corrected chi connectivity index (χ4v) is 5.33. The molecule has 26 heavy (non-hydrogen) atoms. The van der Waals surface area contributed by atoms with E-state index >= 15 is 0 Å². The van der Waals surface area contributed by atoms with Crippen molar-refractivity contribution >= 4 is 16.1 Å². The molecule has 2 heterocycles. The summed E-state index contributed by atoms with van der Waals surface area (Å²) in [6.07, 6.45) is 2.88. The summed E-state index contributed by atoms with van der Waals surface area (Å²) < 4.78 is 28.7. The molecule has 2 saturated heterocycles. The first-order valence-corrected chi connectivity index (χ1v) is 10.8. The van der Waals surface area contributed by atoms with E-state index in [1.165, 1.54) is 8.61 Å². The van der Waals surface area contributed by atoms with Gasteiger partial charge in [0.05, 0.1) is 6.54 Å². The molecular weight excluding hydrogens is 350 g/mol. The van der Waals surface area contributed by atoms with Gasteiger partial charge in [-0.1, -0.05) is 36.8 Å². The maximum atomic E-state index is 12.9. The van der Waals surface area contributed by atoms with Gasteiger partial charge in [0.15, 0.2) is 0 Å². The van der Waals surface area contributed by atoms with E-state index in [1.807, 2.05) is 36.1 Å². The van der Waals surface area contributed by atoms with Crippen LogP contribution in [0.4, 0.5) is 0 Å². The number of carbonyl (C=O) groups excluding carboxylic acids is 1. The summed E-state index contributed by atoms with van der Waals surface area (Å²) in [5.74, 6) is 0.418. The van der Waals surface area contributed by atoms with Gasteiger partial charge in [-0.15, -0.1) is 0 Å². The standard InChI is InChI=1S/C19H29N3O3S/c1-16-6-8-18(9-7-16)14-21-11-4-12-22(26(21,24)25)15-19(23)20-10-3-5-17(2)13-20/h6-9,17H,3-5,10-15H2,1-2H3/t17-/m0/s1. The van der Waals surface area contributed by atoms with Crippen LogP contribution in [-0.4, -0.2) is 60.6 Å². The normalized spacial score (nSPS) is 24.5. The average Bonchev–Trinajstić information content (AvgIpc) is 2.60. The Kier molecular flexibility index (Phi) is 5.99. The van der Waals surface area contributed by atoms with E-state index in [0.717, 1.165) is 43.5 Å². The Morgan fingerprint density at radius 2 is 1.77 bits per heavy atom. The third-order valence-electron chi connectivity index (χ3n) is 5.27. The molecule has 0 N–H and O–H groups in total. The molecular formula is C19H29N3O3S. The molecule has 0 aromatic heterocycles. The minimum Gasteiger partial charge on any atom is -0.341 e. The average molecular weight is 380 g/mol. The minimum atomic E-state index is -3.60. The van der Waals surface area contributed by atoms with Crippen LogP contribution in [0.5, 0.6) is 0 Å². The molecule has 6 nitrogen and oxygen atoms in total. The summed E-state index contributed by atoms with van der Waals surface area (Å²) in [6.45, 7) is 6.86. The Morgan fingerprint density at radius 3 is 2.46 bits per heavy atom. The van der Waals surface area contributed by atoms with Crippen molar-refractivity contribution in [1.29, 1.82) is 0 Å². The van der Waals surface area contributed by atoms with Crippen LogP contribution < -0.4 is 0 Å². The Labute approximate surface area is 157 Å². The summed E-state index contributed by atoms with van der Waals surface area (Å²) in [7, 11) is -3.60. The van der Waals surface area contributed by atoms with E-state index in [4.69, 9.17) is 0 Å². The first kappa shape index (κ1) is 19.3. The number of nitrogens with zero attached hydrogens (tertiary/aromatic N) is 3. The first-order chi connectivity index (χ1) is 12.4. The van der Waals surface area contributed by atoms with Crippen molar-refractivity contribution in [3.05, 3.63) is 35.4 Å². The highest BCUT2D eigenvalue weighted by molar-refractivity contribution is 7.86. The maximum absolute atomic E-state index is 12.9. The van der Waals surface area contributed by atoms with Crippen LogP contribution in [0.3, 0.4) is 0 Å². The fourth-order valence-electron chi connectivity index (χ4n) is 3.70. The summed E-state index contributed by atoms with van der Waals surface area (Å²) in [6, 6.07) is 7.91. The predicted octanol–water partition coefficient (Wildman–Crippen LogP) is 2.01. The molecule has 0 radical (unpaired) electrons. The molecule has 1 amide bonds. The van der Waals surface area contributed by atoms with Crippen LogP contribution in [0.2, 0.25) is 0 Å². The summed E-state index contributed by atoms with van der Waals surface area (Å²) >= 11 is 0. The highest BCUT2D eigenvalue weighted by atomic mass is 32.2. The number of aryl methyl sites for hydroxylation is 1. The van der Waals surface area contributed by atoms with E-state index in [2.05, 4.69) is 6.92 Å². The van der Waals surface area contributed by atoms with Crippen LogP contribution in [0.15, 0.2) is 24.3 Å². The quantitative estimate of drug-likeness (QED) is 0.804. The van der Waals surface area contributed by atoms with Gasteiger partial charge in [-0.3, -0.25) is 4.79 Å². The van der Waals surface area contributed by atoms with Crippen LogP contribution in [0, 0.1) is 12.8 Å². The van der Waals surface area contributed by atoms with Gasteiger partial charge in [-0.2, -0.15) is 17.0 Å². The summed E-state index contributed by atoms with van der Waals surface area (Å²) in [5.41, 5.74) is 2.12. The van der Waals surface area contributed by atoms with Crippen LogP contribution >= 0.6 is 0 Å². The van der Waals surface area contributed by atoms with E-state index in [1.54, 1.807) is 0 Å². The molecule has 2 aliphatic rings. The van der Waals surface area contributed by atoms with Crippen LogP contribution in [-0.2, 0) is 21.5 Å². The molecule has 2 fully saturated rings. The second kappa shape index (κ2) is 8.06. The number of benzene rings is 1. The third-order valence-corrected chi connectivity index (χ3v) is 7.20. The molecule has 1 aromatic carbocycles. The van der Waals surface area contributed by atoms with Gasteiger partial charge in [0.1, 0.15) is 0 Å². The Bertz CT molecular complexity index is 733. The molecule has 0 aliphatic carbocycles. The van der Waals surface area contributed by atoms with Crippen molar-refractivity contribution in [1.82, 2.24) is 13.5 Å². The van der Waals surface area contributed by atoms with Crippen molar-refractivity contribution in [2.45, 2.75) is 39.7 Å². The lowest BCUT2D eigenvalue weighted by molar-refractivity contribution is -0.133. The molecule has 3 rings (SSSR count). The van der Waals surface area contributed by atoms with E-state index in [9.17, 15) is 13.2 Å². The molecule has 1 atom stereocenters. The third kappa shape index (κ3) is 4.45. The highest BCUT2D eigenvalue weighted by Crippen LogP contribution is 2.21. The zero-order chi connectivity index (χ0) is 18.7. The number of rotatable bonds is 4. The SMILES string of the molecule is Cc1ccc(CN2CCCN(CC(=O)N3CCC[C@H](C)C3)S2(=O)=O)cc1. The van der Waals surface area contributed by atoms with Gasteiger partial charge in [0, 0.05) is 32.7 Å².